The predicted molar refractivity (Wildman–Crippen MR) is 55.1 cm³/mol. The summed E-state index contributed by atoms with van der Waals surface area (Å²) in [6.45, 7) is 1.84. The van der Waals surface area contributed by atoms with Gasteiger partial charge in [-0.05, 0) is 23.3 Å². The molecule has 0 saturated carbocycles. The lowest BCUT2D eigenvalue weighted by Gasteiger charge is -2.02. The molecule has 0 bridgehead atoms. The molecule has 1 aromatic heterocycles. The zero-order valence-corrected chi connectivity index (χ0v) is 7.63. The standard InChI is InChI=1S/C11H10N2O/c14-11-4-2-8-9-6-12-5-7(9)1-3-10(8)13-11/h1-4,12H,5-6H2,(H,13,14). The van der Waals surface area contributed by atoms with Crippen molar-refractivity contribution in [2.45, 2.75) is 13.1 Å². The molecule has 2 aromatic rings. The van der Waals surface area contributed by atoms with E-state index >= 15 is 0 Å². The number of benzene rings is 1. The Morgan fingerprint density at radius 2 is 2.00 bits per heavy atom. The molecule has 0 saturated heterocycles. The fourth-order valence-electron chi connectivity index (χ4n) is 2.04. The van der Waals surface area contributed by atoms with Crippen molar-refractivity contribution in [3.63, 3.8) is 0 Å². The summed E-state index contributed by atoms with van der Waals surface area (Å²) in [4.78, 5) is 13.9. The molecule has 0 amide bonds. The van der Waals surface area contributed by atoms with Crippen molar-refractivity contribution >= 4 is 10.9 Å². The van der Waals surface area contributed by atoms with Crippen molar-refractivity contribution < 1.29 is 0 Å². The molecule has 14 heavy (non-hydrogen) atoms. The van der Waals surface area contributed by atoms with Crippen molar-refractivity contribution in [1.29, 1.82) is 0 Å². The van der Waals surface area contributed by atoms with E-state index in [-0.39, 0.29) is 5.56 Å². The number of fused-ring (bicyclic) bond motifs is 3. The summed E-state index contributed by atoms with van der Waals surface area (Å²) in [5, 5.41) is 4.46. The first-order chi connectivity index (χ1) is 6.84. The molecular formula is C11H10N2O. The highest BCUT2D eigenvalue weighted by atomic mass is 16.1. The summed E-state index contributed by atoms with van der Waals surface area (Å²) in [5.74, 6) is 0. The van der Waals surface area contributed by atoms with E-state index in [1.807, 2.05) is 12.1 Å². The molecule has 0 atom stereocenters. The number of H-pyrrole nitrogens is 1. The lowest BCUT2D eigenvalue weighted by molar-refractivity contribution is 0.766. The summed E-state index contributed by atoms with van der Waals surface area (Å²) in [7, 11) is 0. The number of rotatable bonds is 0. The monoisotopic (exact) mass is 186 g/mol. The van der Waals surface area contributed by atoms with Crippen LogP contribution in [0.1, 0.15) is 11.1 Å². The number of pyridine rings is 1. The normalized spacial score (nSPS) is 14.6. The minimum atomic E-state index is -0.0385. The lowest BCUT2D eigenvalue weighted by atomic mass is 10.0. The van der Waals surface area contributed by atoms with E-state index in [4.69, 9.17) is 0 Å². The maximum Gasteiger partial charge on any atom is 0.248 e. The minimum absolute atomic E-state index is 0.0385. The van der Waals surface area contributed by atoms with Crippen molar-refractivity contribution in [1.82, 2.24) is 10.3 Å². The van der Waals surface area contributed by atoms with Crippen LogP contribution in [-0.2, 0) is 13.1 Å². The predicted octanol–water partition coefficient (Wildman–Crippen LogP) is 1.13. The Kier molecular flexibility index (Phi) is 1.49. The molecule has 3 nitrogen and oxygen atoms in total. The van der Waals surface area contributed by atoms with E-state index in [2.05, 4.69) is 16.4 Å². The van der Waals surface area contributed by atoms with E-state index in [1.54, 1.807) is 6.07 Å². The molecule has 1 aliphatic heterocycles. The first-order valence-corrected chi connectivity index (χ1v) is 4.69. The van der Waals surface area contributed by atoms with Crippen LogP contribution in [0.15, 0.2) is 29.1 Å². The maximum absolute atomic E-state index is 11.1. The molecule has 2 N–H and O–H groups in total. The van der Waals surface area contributed by atoms with Gasteiger partial charge in [-0.1, -0.05) is 6.07 Å². The Labute approximate surface area is 80.8 Å². The van der Waals surface area contributed by atoms with Crippen LogP contribution in [0.25, 0.3) is 10.9 Å². The average molecular weight is 186 g/mol. The van der Waals surface area contributed by atoms with Gasteiger partial charge in [0.15, 0.2) is 0 Å². The van der Waals surface area contributed by atoms with Crippen molar-refractivity contribution in [2.24, 2.45) is 0 Å². The number of nitrogens with one attached hydrogen (secondary N) is 2. The van der Waals surface area contributed by atoms with Gasteiger partial charge in [-0.2, -0.15) is 0 Å². The van der Waals surface area contributed by atoms with Crippen LogP contribution in [0.5, 0.6) is 0 Å². The highest BCUT2D eigenvalue weighted by molar-refractivity contribution is 5.83. The third kappa shape index (κ3) is 0.992. The van der Waals surface area contributed by atoms with Gasteiger partial charge in [0, 0.05) is 30.1 Å². The van der Waals surface area contributed by atoms with Crippen LogP contribution in [-0.4, -0.2) is 4.98 Å². The molecule has 1 aliphatic rings. The van der Waals surface area contributed by atoms with Crippen LogP contribution in [0, 0.1) is 0 Å². The van der Waals surface area contributed by atoms with Crippen LogP contribution in [0.3, 0.4) is 0 Å². The maximum atomic E-state index is 11.1. The van der Waals surface area contributed by atoms with Gasteiger partial charge < -0.3 is 10.3 Å². The van der Waals surface area contributed by atoms with Crippen molar-refractivity contribution in [3.05, 3.63) is 45.7 Å². The molecule has 0 spiro atoms. The first-order valence-electron chi connectivity index (χ1n) is 4.69. The van der Waals surface area contributed by atoms with E-state index in [0.29, 0.717) is 0 Å². The van der Waals surface area contributed by atoms with Crippen LogP contribution >= 0.6 is 0 Å². The third-order valence-corrected chi connectivity index (χ3v) is 2.73. The number of hydrogen-bond donors (Lipinski definition) is 2. The fourth-order valence-corrected chi connectivity index (χ4v) is 2.04. The van der Waals surface area contributed by atoms with Crippen LogP contribution < -0.4 is 10.9 Å². The minimum Gasteiger partial charge on any atom is -0.322 e. The molecule has 0 unspecified atom stereocenters. The SMILES string of the molecule is O=c1ccc2c3c(ccc2[nH]1)CNC3. The Bertz CT molecular complexity index is 557. The second-order valence-corrected chi connectivity index (χ2v) is 3.59. The first kappa shape index (κ1) is 7.76. The zero-order chi connectivity index (χ0) is 9.54. The van der Waals surface area contributed by atoms with Crippen molar-refractivity contribution in [3.8, 4) is 0 Å². The molecule has 3 heteroatoms. The average Bonchev–Trinajstić information content (AvgIpc) is 2.65. The van der Waals surface area contributed by atoms with E-state index < -0.39 is 0 Å². The Hall–Kier alpha value is -1.61. The third-order valence-electron chi connectivity index (χ3n) is 2.73. The van der Waals surface area contributed by atoms with Gasteiger partial charge in [-0.25, -0.2) is 0 Å². The van der Waals surface area contributed by atoms with Crippen LogP contribution in [0.2, 0.25) is 0 Å². The summed E-state index contributed by atoms with van der Waals surface area (Å²) in [6.07, 6.45) is 0. The summed E-state index contributed by atoms with van der Waals surface area (Å²) >= 11 is 0. The second kappa shape index (κ2) is 2.69. The molecule has 3 rings (SSSR count). The Morgan fingerprint density at radius 1 is 1.07 bits per heavy atom. The quantitative estimate of drug-likeness (QED) is 0.647. The number of aromatic amines is 1. The molecule has 1 aromatic carbocycles. The van der Waals surface area contributed by atoms with Crippen LogP contribution in [0.4, 0.5) is 0 Å². The Balaban J connectivity index is 2.44. The fraction of sp³-hybridized carbons (Fsp3) is 0.182. The highest BCUT2D eigenvalue weighted by Crippen LogP contribution is 2.23. The summed E-state index contributed by atoms with van der Waals surface area (Å²) in [6, 6.07) is 7.54. The number of hydrogen-bond acceptors (Lipinski definition) is 2. The molecule has 0 fully saturated rings. The smallest absolute Gasteiger partial charge is 0.248 e. The van der Waals surface area contributed by atoms with E-state index in [1.165, 1.54) is 11.1 Å². The molecule has 2 heterocycles. The van der Waals surface area contributed by atoms with Gasteiger partial charge >= 0.3 is 0 Å². The second-order valence-electron chi connectivity index (χ2n) is 3.59. The van der Waals surface area contributed by atoms with Gasteiger partial charge in [0.1, 0.15) is 0 Å². The zero-order valence-electron chi connectivity index (χ0n) is 7.63. The van der Waals surface area contributed by atoms with Gasteiger partial charge in [0.05, 0.1) is 0 Å². The molecule has 70 valence electrons. The Morgan fingerprint density at radius 3 is 2.93 bits per heavy atom. The van der Waals surface area contributed by atoms with Gasteiger partial charge in [0.25, 0.3) is 0 Å². The largest absolute Gasteiger partial charge is 0.322 e. The van der Waals surface area contributed by atoms with Gasteiger partial charge in [-0.3, -0.25) is 4.79 Å². The van der Waals surface area contributed by atoms with E-state index in [9.17, 15) is 4.79 Å². The molecule has 0 aliphatic carbocycles. The lowest BCUT2D eigenvalue weighted by Crippen LogP contribution is -2.03. The molecule has 0 radical (unpaired) electrons. The highest BCUT2D eigenvalue weighted by Gasteiger charge is 2.12. The molecular weight excluding hydrogens is 176 g/mol. The van der Waals surface area contributed by atoms with Crippen molar-refractivity contribution in [2.75, 3.05) is 0 Å². The number of aromatic nitrogens is 1. The topological polar surface area (TPSA) is 44.9 Å². The summed E-state index contributed by atoms with van der Waals surface area (Å²) in [5.41, 5.74) is 3.55. The summed E-state index contributed by atoms with van der Waals surface area (Å²) < 4.78 is 0. The van der Waals surface area contributed by atoms with E-state index in [0.717, 1.165) is 24.0 Å². The van der Waals surface area contributed by atoms with Gasteiger partial charge in [0.2, 0.25) is 5.56 Å². The van der Waals surface area contributed by atoms with Gasteiger partial charge in [-0.15, -0.1) is 0 Å².